The fraction of sp³-hybridized carbons (Fsp3) is 0.150. The molecule has 0 radical (unpaired) electrons. The van der Waals surface area contributed by atoms with Crippen LogP contribution in [0.25, 0.3) is 11.1 Å². The van der Waals surface area contributed by atoms with Crippen LogP contribution in [0.5, 0.6) is 5.75 Å². The molecule has 0 aliphatic carbocycles. The fourth-order valence-electron chi connectivity index (χ4n) is 2.61. The van der Waals surface area contributed by atoms with Crippen molar-refractivity contribution in [2.75, 3.05) is 18.7 Å². The lowest BCUT2D eigenvalue weighted by molar-refractivity contribution is 0.415. The van der Waals surface area contributed by atoms with Crippen LogP contribution in [0.2, 0.25) is 0 Å². The minimum Gasteiger partial charge on any atom is -0.497 e. The number of pyridine rings is 1. The maximum atomic E-state index is 11.8. The predicted octanol–water partition coefficient (Wildman–Crippen LogP) is 3.77. The zero-order valence-corrected chi connectivity index (χ0v) is 15.5. The van der Waals surface area contributed by atoms with Crippen molar-refractivity contribution in [1.29, 1.82) is 0 Å². The predicted molar refractivity (Wildman–Crippen MR) is 103 cm³/mol. The molecule has 0 saturated carbocycles. The van der Waals surface area contributed by atoms with Gasteiger partial charge < -0.3 is 10.1 Å². The van der Waals surface area contributed by atoms with Crippen molar-refractivity contribution in [3.8, 4) is 16.9 Å². The first-order valence-electron chi connectivity index (χ1n) is 8.10. The molecule has 6 heteroatoms. The Morgan fingerprint density at radius 1 is 0.962 bits per heavy atom. The van der Waals surface area contributed by atoms with Gasteiger partial charge in [0.25, 0.3) is 0 Å². The first-order chi connectivity index (χ1) is 12.5. The zero-order chi connectivity index (χ0) is 18.6. The van der Waals surface area contributed by atoms with Crippen LogP contribution >= 0.6 is 0 Å². The smallest absolute Gasteiger partial charge is 0.179 e. The number of anilines is 1. The van der Waals surface area contributed by atoms with Crippen LogP contribution in [0, 0.1) is 0 Å². The van der Waals surface area contributed by atoms with E-state index in [1.54, 1.807) is 25.4 Å². The van der Waals surface area contributed by atoms with Gasteiger partial charge in [0.2, 0.25) is 0 Å². The Bertz CT molecular complexity index is 982. The van der Waals surface area contributed by atoms with Gasteiger partial charge in [-0.1, -0.05) is 36.4 Å². The number of methoxy groups -OCH3 is 1. The number of hydrogen-bond donors (Lipinski definition) is 1. The van der Waals surface area contributed by atoms with E-state index >= 15 is 0 Å². The minimum absolute atomic E-state index is 0.204. The highest BCUT2D eigenvalue weighted by atomic mass is 32.2. The van der Waals surface area contributed by atoms with Gasteiger partial charge in [0.15, 0.2) is 9.84 Å². The molecule has 1 heterocycles. The van der Waals surface area contributed by atoms with Gasteiger partial charge in [-0.25, -0.2) is 13.4 Å². The number of hydrogen-bond acceptors (Lipinski definition) is 5. The summed E-state index contributed by atoms with van der Waals surface area (Å²) in [5, 5.41) is 3.10. The molecule has 0 fully saturated rings. The fourth-order valence-corrected chi connectivity index (χ4v) is 3.41. The summed E-state index contributed by atoms with van der Waals surface area (Å²) in [5.41, 5.74) is 3.24. The SMILES string of the molecule is COc1ccc(-c2ccc(CNc3ncccc3S(C)(=O)=O)cc2)cc1. The molecule has 26 heavy (non-hydrogen) atoms. The number of nitrogens with one attached hydrogen (secondary N) is 1. The molecule has 0 spiro atoms. The Morgan fingerprint density at radius 3 is 2.15 bits per heavy atom. The summed E-state index contributed by atoms with van der Waals surface area (Å²) in [7, 11) is -1.68. The summed E-state index contributed by atoms with van der Waals surface area (Å²) >= 11 is 0. The van der Waals surface area contributed by atoms with Crippen molar-refractivity contribution in [3.63, 3.8) is 0 Å². The molecule has 0 bridgehead atoms. The maximum Gasteiger partial charge on any atom is 0.179 e. The molecule has 1 N–H and O–H groups in total. The molecule has 1 aromatic heterocycles. The van der Waals surface area contributed by atoms with E-state index in [0.717, 1.165) is 22.4 Å². The minimum atomic E-state index is -3.32. The van der Waals surface area contributed by atoms with E-state index in [1.807, 2.05) is 48.5 Å². The van der Waals surface area contributed by atoms with E-state index in [4.69, 9.17) is 4.74 Å². The lowest BCUT2D eigenvalue weighted by Crippen LogP contribution is -2.07. The topological polar surface area (TPSA) is 68.3 Å². The van der Waals surface area contributed by atoms with Gasteiger partial charge in [-0.2, -0.15) is 0 Å². The molecule has 0 amide bonds. The summed E-state index contributed by atoms with van der Waals surface area (Å²) < 4.78 is 28.8. The van der Waals surface area contributed by atoms with Gasteiger partial charge in [0.05, 0.1) is 7.11 Å². The number of sulfone groups is 1. The second-order valence-corrected chi connectivity index (χ2v) is 7.89. The Kier molecular flexibility index (Phi) is 5.23. The van der Waals surface area contributed by atoms with E-state index in [0.29, 0.717) is 12.4 Å². The van der Waals surface area contributed by atoms with Crippen LogP contribution in [0.1, 0.15) is 5.56 Å². The van der Waals surface area contributed by atoms with Gasteiger partial charge in [0, 0.05) is 19.0 Å². The number of rotatable bonds is 6. The van der Waals surface area contributed by atoms with Crippen molar-refractivity contribution >= 4 is 15.7 Å². The highest BCUT2D eigenvalue weighted by Gasteiger charge is 2.13. The van der Waals surface area contributed by atoms with E-state index in [9.17, 15) is 8.42 Å². The molecular formula is C20H20N2O3S. The molecule has 0 atom stereocenters. The van der Waals surface area contributed by atoms with Crippen molar-refractivity contribution in [2.24, 2.45) is 0 Å². The number of nitrogens with zero attached hydrogens (tertiary/aromatic N) is 1. The molecule has 0 aliphatic heterocycles. The summed E-state index contributed by atoms with van der Waals surface area (Å²) in [6, 6.07) is 19.1. The van der Waals surface area contributed by atoms with Gasteiger partial charge in [-0.15, -0.1) is 0 Å². The number of aromatic nitrogens is 1. The Morgan fingerprint density at radius 2 is 1.58 bits per heavy atom. The quantitative estimate of drug-likeness (QED) is 0.717. The lowest BCUT2D eigenvalue weighted by atomic mass is 10.0. The van der Waals surface area contributed by atoms with Crippen molar-refractivity contribution in [1.82, 2.24) is 4.98 Å². The van der Waals surface area contributed by atoms with Crippen molar-refractivity contribution in [3.05, 3.63) is 72.4 Å². The molecule has 2 aromatic carbocycles. The maximum absolute atomic E-state index is 11.8. The molecule has 3 rings (SSSR count). The largest absolute Gasteiger partial charge is 0.497 e. The van der Waals surface area contributed by atoms with Crippen LogP contribution in [0.15, 0.2) is 71.8 Å². The second-order valence-electron chi connectivity index (χ2n) is 5.90. The highest BCUT2D eigenvalue weighted by molar-refractivity contribution is 7.90. The third-order valence-electron chi connectivity index (χ3n) is 4.01. The molecule has 3 aromatic rings. The summed E-state index contributed by atoms with van der Waals surface area (Å²) in [6.07, 6.45) is 2.75. The zero-order valence-electron chi connectivity index (χ0n) is 14.6. The van der Waals surface area contributed by atoms with Crippen LogP contribution < -0.4 is 10.1 Å². The Balaban J connectivity index is 1.72. The summed E-state index contributed by atoms with van der Waals surface area (Å²) in [5.74, 6) is 1.20. The molecular weight excluding hydrogens is 348 g/mol. The molecule has 5 nitrogen and oxygen atoms in total. The summed E-state index contributed by atoms with van der Waals surface area (Å²) in [4.78, 5) is 4.34. The van der Waals surface area contributed by atoms with E-state index in [-0.39, 0.29) is 4.90 Å². The molecule has 0 unspecified atom stereocenters. The van der Waals surface area contributed by atoms with Gasteiger partial charge in [0.1, 0.15) is 16.5 Å². The number of ether oxygens (including phenoxy) is 1. The lowest BCUT2D eigenvalue weighted by Gasteiger charge is -2.10. The van der Waals surface area contributed by atoms with Gasteiger partial charge in [-0.05, 0) is 41.0 Å². The molecule has 0 saturated heterocycles. The third-order valence-corrected chi connectivity index (χ3v) is 5.14. The summed E-state index contributed by atoms with van der Waals surface area (Å²) in [6.45, 7) is 0.489. The van der Waals surface area contributed by atoms with Crippen LogP contribution in [-0.4, -0.2) is 26.8 Å². The standard InChI is InChI=1S/C20H20N2O3S/c1-25-18-11-9-17(10-12-18)16-7-5-15(6-8-16)14-22-20-19(26(2,23)24)4-3-13-21-20/h3-13H,14H2,1-2H3,(H,21,22). The van der Waals surface area contributed by atoms with Gasteiger partial charge >= 0.3 is 0 Å². The van der Waals surface area contributed by atoms with E-state index in [2.05, 4.69) is 10.3 Å². The molecule has 134 valence electrons. The molecule has 0 aliphatic rings. The second kappa shape index (κ2) is 7.58. The first-order valence-corrected chi connectivity index (χ1v) is 9.99. The normalized spacial score (nSPS) is 11.2. The van der Waals surface area contributed by atoms with E-state index in [1.165, 1.54) is 6.26 Å². The van der Waals surface area contributed by atoms with Crippen molar-refractivity contribution in [2.45, 2.75) is 11.4 Å². The van der Waals surface area contributed by atoms with Crippen LogP contribution in [-0.2, 0) is 16.4 Å². The average Bonchev–Trinajstić information content (AvgIpc) is 2.66. The van der Waals surface area contributed by atoms with Gasteiger partial charge in [-0.3, -0.25) is 0 Å². The van der Waals surface area contributed by atoms with Crippen LogP contribution in [0.4, 0.5) is 5.82 Å². The average molecular weight is 368 g/mol. The van der Waals surface area contributed by atoms with E-state index < -0.39 is 9.84 Å². The van der Waals surface area contributed by atoms with Crippen molar-refractivity contribution < 1.29 is 13.2 Å². The Labute approximate surface area is 153 Å². The Hall–Kier alpha value is -2.86. The number of benzene rings is 2. The third kappa shape index (κ3) is 4.21. The van der Waals surface area contributed by atoms with Crippen LogP contribution in [0.3, 0.4) is 0 Å². The first kappa shape index (κ1) is 17.9. The highest BCUT2D eigenvalue weighted by Crippen LogP contribution is 2.23. The monoisotopic (exact) mass is 368 g/mol.